The van der Waals surface area contributed by atoms with Crippen LogP contribution in [0.25, 0.3) is 0 Å². The van der Waals surface area contributed by atoms with Crippen molar-refractivity contribution in [1.29, 1.82) is 0 Å². The molecule has 3 N–H and O–H groups in total. The summed E-state index contributed by atoms with van der Waals surface area (Å²) in [6.45, 7) is 5.43. The predicted octanol–water partition coefficient (Wildman–Crippen LogP) is 1.37. The van der Waals surface area contributed by atoms with E-state index in [9.17, 15) is 14.9 Å². The summed E-state index contributed by atoms with van der Waals surface area (Å²) in [6, 6.07) is 4.53. The molecule has 0 heterocycles. The number of nitro groups is 1. The Kier molecular flexibility index (Phi) is 4.03. The molecule has 1 amide bonds. The fourth-order valence-electron chi connectivity index (χ4n) is 1.52. The summed E-state index contributed by atoms with van der Waals surface area (Å²) in [4.78, 5) is 22.5. The van der Waals surface area contributed by atoms with Gasteiger partial charge in [0.2, 0.25) is 0 Å². The van der Waals surface area contributed by atoms with Crippen molar-refractivity contribution in [2.75, 3.05) is 6.54 Å². The topological polar surface area (TPSA) is 98.3 Å². The minimum atomic E-state index is -0.604. The Labute approximate surface area is 105 Å². The molecule has 18 heavy (non-hydrogen) atoms. The fourth-order valence-corrected chi connectivity index (χ4v) is 1.52. The maximum atomic E-state index is 12.1. The molecule has 0 saturated carbocycles. The summed E-state index contributed by atoms with van der Waals surface area (Å²) in [5, 5.41) is 13.6. The molecule has 0 aromatic heterocycles. The number of aryl methyl sites for hydroxylation is 1. The van der Waals surface area contributed by atoms with Crippen molar-refractivity contribution in [3.05, 3.63) is 39.4 Å². The van der Waals surface area contributed by atoms with Crippen molar-refractivity contribution in [2.24, 2.45) is 5.73 Å². The number of carbonyl (C=O) groups excluding carboxylic acids is 1. The van der Waals surface area contributed by atoms with E-state index < -0.39 is 16.4 Å². The molecule has 0 fully saturated rings. The van der Waals surface area contributed by atoms with E-state index in [1.807, 2.05) is 0 Å². The number of rotatable bonds is 4. The van der Waals surface area contributed by atoms with E-state index in [1.165, 1.54) is 6.07 Å². The van der Waals surface area contributed by atoms with Gasteiger partial charge in [-0.05, 0) is 26.3 Å². The van der Waals surface area contributed by atoms with Crippen molar-refractivity contribution in [3.8, 4) is 0 Å². The van der Waals surface area contributed by atoms with Gasteiger partial charge in [0, 0.05) is 18.2 Å². The summed E-state index contributed by atoms with van der Waals surface area (Å²) in [5.74, 6) is -0.477. The van der Waals surface area contributed by atoms with E-state index in [0.29, 0.717) is 5.56 Å². The van der Waals surface area contributed by atoms with Crippen molar-refractivity contribution in [1.82, 2.24) is 5.32 Å². The van der Waals surface area contributed by atoms with Gasteiger partial charge in [-0.25, -0.2) is 0 Å². The molecule has 6 nitrogen and oxygen atoms in total. The van der Waals surface area contributed by atoms with E-state index in [2.05, 4.69) is 5.32 Å². The zero-order chi connectivity index (χ0) is 13.9. The molecule has 1 rings (SSSR count). The van der Waals surface area contributed by atoms with E-state index in [0.717, 1.165) is 0 Å². The van der Waals surface area contributed by atoms with Gasteiger partial charge in [-0.1, -0.05) is 12.1 Å². The first-order valence-corrected chi connectivity index (χ1v) is 5.55. The number of amides is 1. The summed E-state index contributed by atoms with van der Waals surface area (Å²) >= 11 is 0. The van der Waals surface area contributed by atoms with E-state index in [-0.39, 0.29) is 17.8 Å². The van der Waals surface area contributed by atoms with Gasteiger partial charge >= 0.3 is 0 Å². The highest BCUT2D eigenvalue weighted by Crippen LogP contribution is 2.22. The van der Waals surface area contributed by atoms with Crippen LogP contribution in [0.1, 0.15) is 29.8 Å². The van der Waals surface area contributed by atoms with Crippen LogP contribution in [0.4, 0.5) is 5.69 Å². The van der Waals surface area contributed by atoms with Gasteiger partial charge in [0.1, 0.15) is 5.56 Å². The van der Waals surface area contributed by atoms with E-state index in [1.54, 1.807) is 32.9 Å². The Bertz CT molecular complexity index is 483. The van der Waals surface area contributed by atoms with Gasteiger partial charge in [-0.3, -0.25) is 14.9 Å². The summed E-state index contributed by atoms with van der Waals surface area (Å²) in [6.07, 6.45) is 0. The molecular weight excluding hydrogens is 234 g/mol. The van der Waals surface area contributed by atoms with Crippen LogP contribution in [0.5, 0.6) is 0 Å². The third-order valence-corrected chi connectivity index (χ3v) is 2.64. The van der Waals surface area contributed by atoms with Crippen molar-refractivity contribution in [2.45, 2.75) is 26.3 Å². The normalized spacial score (nSPS) is 11.1. The van der Waals surface area contributed by atoms with Crippen LogP contribution >= 0.6 is 0 Å². The number of hydrogen-bond acceptors (Lipinski definition) is 4. The van der Waals surface area contributed by atoms with Crippen LogP contribution in [-0.2, 0) is 0 Å². The number of hydrogen-bond donors (Lipinski definition) is 2. The number of nitrogens with one attached hydrogen (secondary N) is 1. The molecule has 98 valence electrons. The molecule has 0 unspecified atom stereocenters. The minimum Gasteiger partial charge on any atom is -0.346 e. The van der Waals surface area contributed by atoms with Gasteiger partial charge in [0.25, 0.3) is 11.6 Å². The molecule has 0 aliphatic heterocycles. The third-order valence-electron chi connectivity index (χ3n) is 2.64. The Morgan fingerprint density at radius 2 is 2.11 bits per heavy atom. The largest absolute Gasteiger partial charge is 0.346 e. The lowest BCUT2D eigenvalue weighted by Gasteiger charge is -2.24. The molecule has 0 aliphatic carbocycles. The van der Waals surface area contributed by atoms with Crippen molar-refractivity contribution < 1.29 is 9.72 Å². The van der Waals surface area contributed by atoms with Crippen LogP contribution in [-0.4, -0.2) is 22.9 Å². The fraction of sp³-hybridized carbons (Fsp3) is 0.417. The molecular formula is C12H17N3O3. The van der Waals surface area contributed by atoms with Crippen molar-refractivity contribution >= 4 is 11.6 Å². The molecule has 0 spiro atoms. The molecule has 0 bridgehead atoms. The highest BCUT2D eigenvalue weighted by Gasteiger charge is 2.26. The smallest absolute Gasteiger partial charge is 0.282 e. The van der Waals surface area contributed by atoms with Crippen LogP contribution in [0.3, 0.4) is 0 Å². The molecule has 6 heteroatoms. The van der Waals surface area contributed by atoms with Crippen LogP contribution in [0.2, 0.25) is 0 Å². The van der Waals surface area contributed by atoms with Gasteiger partial charge < -0.3 is 11.1 Å². The molecule has 0 aliphatic rings. The molecule has 0 radical (unpaired) electrons. The maximum absolute atomic E-state index is 12.1. The SMILES string of the molecule is Cc1cccc([N+](=O)[O-])c1C(=O)NC(C)(C)CN. The first-order chi connectivity index (χ1) is 8.28. The zero-order valence-corrected chi connectivity index (χ0v) is 10.7. The molecule has 0 saturated heterocycles. The number of nitrogens with zero attached hydrogens (tertiary/aromatic N) is 1. The second kappa shape index (κ2) is 5.14. The third kappa shape index (κ3) is 3.04. The second-order valence-corrected chi connectivity index (χ2v) is 4.77. The van der Waals surface area contributed by atoms with Crippen molar-refractivity contribution in [3.63, 3.8) is 0 Å². The molecule has 1 aromatic rings. The monoisotopic (exact) mass is 251 g/mol. The quantitative estimate of drug-likeness (QED) is 0.623. The van der Waals surface area contributed by atoms with Gasteiger partial charge in [-0.15, -0.1) is 0 Å². The lowest BCUT2D eigenvalue weighted by molar-refractivity contribution is -0.385. The molecule has 1 aromatic carbocycles. The minimum absolute atomic E-state index is 0.0871. The van der Waals surface area contributed by atoms with E-state index in [4.69, 9.17) is 5.73 Å². The van der Waals surface area contributed by atoms with Crippen LogP contribution < -0.4 is 11.1 Å². The summed E-state index contributed by atoms with van der Waals surface area (Å²) in [7, 11) is 0. The Hall–Kier alpha value is -1.95. The Morgan fingerprint density at radius 1 is 1.50 bits per heavy atom. The first-order valence-electron chi connectivity index (χ1n) is 5.55. The standard InChI is InChI=1S/C12H17N3O3/c1-8-5-4-6-9(15(17)18)10(8)11(16)14-12(2,3)7-13/h4-6H,7,13H2,1-3H3,(H,14,16). The Balaban J connectivity index is 3.17. The average Bonchev–Trinajstić information content (AvgIpc) is 2.27. The van der Waals surface area contributed by atoms with Gasteiger partial charge in [0.05, 0.1) is 4.92 Å². The first kappa shape index (κ1) is 14.1. The van der Waals surface area contributed by atoms with Gasteiger partial charge in [-0.2, -0.15) is 0 Å². The number of nitrogens with two attached hydrogens (primary N) is 1. The lowest BCUT2D eigenvalue weighted by Crippen LogP contribution is -2.49. The van der Waals surface area contributed by atoms with E-state index >= 15 is 0 Å². The molecule has 0 atom stereocenters. The van der Waals surface area contributed by atoms with Crippen LogP contribution in [0, 0.1) is 17.0 Å². The summed E-state index contributed by atoms with van der Waals surface area (Å²) < 4.78 is 0. The Morgan fingerprint density at radius 3 is 2.61 bits per heavy atom. The van der Waals surface area contributed by atoms with Gasteiger partial charge in [0.15, 0.2) is 0 Å². The number of carbonyl (C=O) groups is 1. The second-order valence-electron chi connectivity index (χ2n) is 4.77. The highest BCUT2D eigenvalue weighted by molar-refractivity contribution is 5.99. The zero-order valence-electron chi connectivity index (χ0n) is 10.7. The lowest BCUT2D eigenvalue weighted by atomic mass is 10.0. The predicted molar refractivity (Wildman–Crippen MR) is 68.4 cm³/mol. The number of nitro benzene ring substituents is 1. The summed E-state index contributed by atoms with van der Waals surface area (Å²) in [5.41, 5.74) is 5.37. The van der Waals surface area contributed by atoms with Crippen LogP contribution in [0.15, 0.2) is 18.2 Å². The highest BCUT2D eigenvalue weighted by atomic mass is 16.6. The average molecular weight is 251 g/mol. The maximum Gasteiger partial charge on any atom is 0.282 e. The number of benzene rings is 1.